The molecule has 1 aliphatic heterocycles. The number of halogens is 1. The summed E-state index contributed by atoms with van der Waals surface area (Å²) in [5.74, 6) is 1.94. The van der Waals surface area contributed by atoms with Crippen LogP contribution in [0.3, 0.4) is 0 Å². The molecule has 0 spiro atoms. The molecule has 19 heavy (non-hydrogen) atoms. The molecule has 0 bridgehead atoms. The highest BCUT2D eigenvalue weighted by Crippen LogP contribution is 2.26. The van der Waals surface area contributed by atoms with E-state index in [1.807, 2.05) is 11.8 Å². The fourth-order valence-electron chi connectivity index (χ4n) is 2.21. The smallest absolute Gasteiger partial charge is 0.105 e. The van der Waals surface area contributed by atoms with Crippen LogP contribution in [0.4, 0.5) is 4.39 Å². The lowest BCUT2D eigenvalue weighted by atomic mass is 10.0. The second-order valence-electron chi connectivity index (χ2n) is 5.13. The molecule has 1 aliphatic rings. The lowest BCUT2D eigenvalue weighted by Crippen LogP contribution is -2.24. The standard InChI is InChI=1S/C15H22FNOS/c16-10-14(17)9-12-1-3-15(4-2-12)19-11-13-5-7-18-8-6-13/h1-4,13-14H,5-11,17H2. The van der Waals surface area contributed by atoms with Gasteiger partial charge in [-0.3, -0.25) is 0 Å². The summed E-state index contributed by atoms with van der Waals surface area (Å²) in [5.41, 5.74) is 6.72. The zero-order valence-electron chi connectivity index (χ0n) is 11.2. The van der Waals surface area contributed by atoms with E-state index in [2.05, 4.69) is 24.3 Å². The lowest BCUT2D eigenvalue weighted by Gasteiger charge is -2.21. The molecule has 4 heteroatoms. The van der Waals surface area contributed by atoms with E-state index < -0.39 is 6.67 Å². The third-order valence-electron chi connectivity index (χ3n) is 3.45. The Balaban J connectivity index is 1.77. The minimum Gasteiger partial charge on any atom is -0.381 e. The monoisotopic (exact) mass is 283 g/mol. The Kier molecular flexibility index (Phi) is 6.14. The van der Waals surface area contributed by atoms with Gasteiger partial charge in [0.25, 0.3) is 0 Å². The van der Waals surface area contributed by atoms with Gasteiger partial charge in [0.15, 0.2) is 0 Å². The maximum absolute atomic E-state index is 12.3. The summed E-state index contributed by atoms with van der Waals surface area (Å²) in [7, 11) is 0. The largest absolute Gasteiger partial charge is 0.381 e. The third-order valence-corrected chi connectivity index (χ3v) is 4.69. The summed E-state index contributed by atoms with van der Waals surface area (Å²) in [6.07, 6.45) is 2.97. The van der Waals surface area contributed by atoms with Gasteiger partial charge in [0.2, 0.25) is 0 Å². The first-order valence-corrected chi connectivity index (χ1v) is 7.87. The molecular weight excluding hydrogens is 261 g/mol. The summed E-state index contributed by atoms with van der Waals surface area (Å²) in [5, 5.41) is 0. The van der Waals surface area contributed by atoms with Crippen molar-refractivity contribution >= 4 is 11.8 Å². The van der Waals surface area contributed by atoms with Crippen LogP contribution < -0.4 is 5.73 Å². The molecular formula is C15H22FNOS. The first-order chi connectivity index (χ1) is 9.28. The number of alkyl halides is 1. The zero-order chi connectivity index (χ0) is 13.5. The van der Waals surface area contributed by atoms with Gasteiger partial charge in [-0.1, -0.05) is 12.1 Å². The molecule has 106 valence electrons. The Morgan fingerprint density at radius 2 is 1.95 bits per heavy atom. The van der Waals surface area contributed by atoms with E-state index in [1.54, 1.807) is 0 Å². The van der Waals surface area contributed by atoms with Crippen LogP contribution in [0.25, 0.3) is 0 Å². The van der Waals surface area contributed by atoms with Crippen molar-refractivity contribution in [3.63, 3.8) is 0 Å². The van der Waals surface area contributed by atoms with Crippen LogP contribution >= 0.6 is 11.8 Å². The Hall–Kier alpha value is -0.580. The van der Waals surface area contributed by atoms with Crippen LogP contribution in [0, 0.1) is 5.92 Å². The fourth-order valence-corrected chi connectivity index (χ4v) is 3.30. The zero-order valence-corrected chi connectivity index (χ0v) is 12.0. The van der Waals surface area contributed by atoms with Crippen LogP contribution in [0.1, 0.15) is 18.4 Å². The maximum Gasteiger partial charge on any atom is 0.105 e. The molecule has 0 amide bonds. The molecule has 1 saturated heterocycles. The Morgan fingerprint density at radius 1 is 1.26 bits per heavy atom. The van der Waals surface area contributed by atoms with Crippen LogP contribution in [0.15, 0.2) is 29.2 Å². The quantitative estimate of drug-likeness (QED) is 0.815. The molecule has 0 radical (unpaired) electrons. The van der Waals surface area contributed by atoms with Crippen molar-refractivity contribution in [3.05, 3.63) is 29.8 Å². The molecule has 2 rings (SSSR count). The van der Waals surface area contributed by atoms with Gasteiger partial charge in [-0.05, 0) is 42.9 Å². The van der Waals surface area contributed by atoms with E-state index in [9.17, 15) is 4.39 Å². The average molecular weight is 283 g/mol. The molecule has 2 N–H and O–H groups in total. The van der Waals surface area contributed by atoms with Crippen molar-refractivity contribution in [2.45, 2.75) is 30.2 Å². The summed E-state index contributed by atoms with van der Waals surface area (Å²) in [4.78, 5) is 1.28. The van der Waals surface area contributed by atoms with Crippen LogP contribution in [0.5, 0.6) is 0 Å². The molecule has 0 saturated carbocycles. The molecule has 0 aliphatic carbocycles. The summed E-state index contributed by atoms with van der Waals surface area (Å²) in [6, 6.07) is 7.97. The Morgan fingerprint density at radius 3 is 2.58 bits per heavy atom. The predicted octanol–water partition coefficient (Wildman–Crippen LogP) is 3.04. The molecule has 1 atom stereocenters. The Labute approximate surface area is 118 Å². The van der Waals surface area contributed by atoms with Crippen molar-refractivity contribution < 1.29 is 9.13 Å². The van der Waals surface area contributed by atoms with Gasteiger partial charge in [-0.2, -0.15) is 0 Å². The predicted molar refractivity (Wildman–Crippen MR) is 78.4 cm³/mol. The molecule has 1 unspecified atom stereocenters. The first-order valence-electron chi connectivity index (χ1n) is 6.89. The summed E-state index contributed by atoms with van der Waals surface area (Å²) < 4.78 is 17.7. The van der Waals surface area contributed by atoms with E-state index in [-0.39, 0.29) is 6.04 Å². The van der Waals surface area contributed by atoms with Crippen molar-refractivity contribution in [2.75, 3.05) is 25.6 Å². The number of nitrogens with two attached hydrogens (primary N) is 1. The SMILES string of the molecule is NC(CF)Cc1ccc(SCC2CCOCC2)cc1. The van der Waals surface area contributed by atoms with E-state index in [0.29, 0.717) is 6.42 Å². The topological polar surface area (TPSA) is 35.2 Å². The van der Waals surface area contributed by atoms with E-state index >= 15 is 0 Å². The normalized spacial score (nSPS) is 18.4. The van der Waals surface area contributed by atoms with Crippen molar-refractivity contribution in [3.8, 4) is 0 Å². The van der Waals surface area contributed by atoms with Gasteiger partial charge in [0.1, 0.15) is 6.67 Å². The number of benzene rings is 1. The first kappa shape index (κ1) is 14.8. The second kappa shape index (κ2) is 7.88. The molecule has 1 fully saturated rings. The number of rotatable bonds is 6. The minimum atomic E-state index is -0.458. The summed E-state index contributed by atoms with van der Waals surface area (Å²) >= 11 is 1.90. The molecule has 1 aromatic rings. The van der Waals surface area contributed by atoms with Gasteiger partial charge < -0.3 is 10.5 Å². The maximum atomic E-state index is 12.3. The number of thioether (sulfide) groups is 1. The lowest BCUT2D eigenvalue weighted by molar-refractivity contribution is 0.0728. The van der Waals surface area contributed by atoms with Crippen LogP contribution in [-0.4, -0.2) is 31.7 Å². The second-order valence-corrected chi connectivity index (χ2v) is 6.22. The highest BCUT2D eigenvalue weighted by atomic mass is 32.2. The minimum absolute atomic E-state index is 0.374. The number of ether oxygens (including phenoxy) is 1. The van der Waals surface area contributed by atoms with Gasteiger partial charge in [-0.15, -0.1) is 11.8 Å². The van der Waals surface area contributed by atoms with E-state index in [0.717, 1.165) is 30.4 Å². The van der Waals surface area contributed by atoms with Crippen LogP contribution in [-0.2, 0) is 11.2 Å². The third kappa shape index (κ3) is 5.13. The van der Waals surface area contributed by atoms with Gasteiger partial charge in [-0.25, -0.2) is 4.39 Å². The number of hydrogen-bond donors (Lipinski definition) is 1. The fraction of sp³-hybridized carbons (Fsp3) is 0.600. The highest BCUT2D eigenvalue weighted by molar-refractivity contribution is 7.99. The van der Waals surface area contributed by atoms with Crippen molar-refractivity contribution in [1.82, 2.24) is 0 Å². The highest BCUT2D eigenvalue weighted by Gasteiger charge is 2.13. The van der Waals surface area contributed by atoms with Gasteiger partial charge in [0, 0.05) is 29.9 Å². The van der Waals surface area contributed by atoms with E-state index in [1.165, 1.54) is 17.7 Å². The van der Waals surface area contributed by atoms with Gasteiger partial charge >= 0.3 is 0 Å². The molecule has 0 aromatic heterocycles. The number of hydrogen-bond acceptors (Lipinski definition) is 3. The van der Waals surface area contributed by atoms with Crippen molar-refractivity contribution in [1.29, 1.82) is 0 Å². The van der Waals surface area contributed by atoms with Gasteiger partial charge in [0.05, 0.1) is 0 Å². The van der Waals surface area contributed by atoms with Crippen LogP contribution in [0.2, 0.25) is 0 Å². The van der Waals surface area contributed by atoms with Crippen molar-refractivity contribution in [2.24, 2.45) is 11.7 Å². The summed E-state index contributed by atoms with van der Waals surface area (Å²) in [6.45, 7) is 1.36. The average Bonchev–Trinajstić information content (AvgIpc) is 2.47. The Bertz CT molecular complexity index is 365. The molecule has 1 heterocycles. The van der Waals surface area contributed by atoms with E-state index in [4.69, 9.17) is 10.5 Å². The molecule has 2 nitrogen and oxygen atoms in total. The molecule has 1 aromatic carbocycles.